The van der Waals surface area contributed by atoms with Gasteiger partial charge in [-0.2, -0.15) is 17.0 Å². The highest BCUT2D eigenvalue weighted by molar-refractivity contribution is 7.86. The fraction of sp³-hybridized carbons (Fsp3) is 0.778. The zero-order chi connectivity index (χ0) is 13.2. The van der Waals surface area contributed by atoms with Crippen LogP contribution in [-0.2, 0) is 15.0 Å². The Bertz CT molecular complexity index is 531. The second-order valence-corrected chi connectivity index (χ2v) is 7.06. The number of carbonyl (C=O) groups is 2. The molecule has 3 fully saturated rings. The molecule has 3 rings (SSSR count). The van der Waals surface area contributed by atoms with Gasteiger partial charge in [0.25, 0.3) is 16.1 Å². The first kappa shape index (κ1) is 11.9. The van der Waals surface area contributed by atoms with Crippen molar-refractivity contribution in [3.05, 3.63) is 0 Å². The van der Waals surface area contributed by atoms with Crippen LogP contribution >= 0.6 is 0 Å². The van der Waals surface area contributed by atoms with Crippen LogP contribution in [0.2, 0.25) is 0 Å². The van der Waals surface area contributed by atoms with Gasteiger partial charge in [-0.3, -0.25) is 10.1 Å². The molecule has 3 aliphatic rings. The fourth-order valence-electron chi connectivity index (χ4n) is 3.03. The van der Waals surface area contributed by atoms with Crippen molar-refractivity contribution in [3.63, 3.8) is 0 Å². The van der Waals surface area contributed by atoms with Crippen LogP contribution in [0.5, 0.6) is 0 Å². The third kappa shape index (κ3) is 1.29. The zero-order valence-electron chi connectivity index (χ0n) is 10.0. The first-order valence-electron chi connectivity index (χ1n) is 5.66. The van der Waals surface area contributed by atoms with Crippen molar-refractivity contribution < 1.29 is 18.0 Å². The molecule has 0 aromatic heterocycles. The highest BCUT2D eigenvalue weighted by atomic mass is 32.2. The lowest BCUT2D eigenvalue weighted by molar-refractivity contribution is -0.122. The molecule has 3 saturated heterocycles. The van der Waals surface area contributed by atoms with Gasteiger partial charge < -0.3 is 4.90 Å². The van der Waals surface area contributed by atoms with E-state index in [0.29, 0.717) is 6.42 Å². The molecule has 2 bridgehead atoms. The molecule has 0 aromatic rings. The summed E-state index contributed by atoms with van der Waals surface area (Å²) >= 11 is 0. The van der Waals surface area contributed by atoms with Crippen molar-refractivity contribution in [2.45, 2.75) is 24.5 Å². The van der Waals surface area contributed by atoms with Crippen LogP contribution in [0, 0.1) is 0 Å². The van der Waals surface area contributed by atoms with Gasteiger partial charge in [0.15, 0.2) is 0 Å². The highest BCUT2D eigenvalue weighted by Gasteiger charge is 2.61. The first-order valence-corrected chi connectivity index (χ1v) is 7.06. The minimum Gasteiger partial charge on any atom is -0.306 e. The predicted octanol–water partition coefficient (Wildman–Crippen LogP) is -1.83. The number of imide groups is 1. The molecule has 0 saturated carbocycles. The van der Waals surface area contributed by atoms with Gasteiger partial charge in [0.2, 0.25) is 0 Å². The third-order valence-corrected chi connectivity index (χ3v) is 5.76. The van der Waals surface area contributed by atoms with Crippen molar-refractivity contribution in [3.8, 4) is 0 Å². The molecule has 100 valence electrons. The Morgan fingerprint density at radius 2 is 2.00 bits per heavy atom. The molecule has 3 amide bonds. The summed E-state index contributed by atoms with van der Waals surface area (Å²) in [6.07, 6.45) is 0.539. The largest absolute Gasteiger partial charge is 0.325 e. The van der Waals surface area contributed by atoms with E-state index in [2.05, 4.69) is 5.32 Å². The lowest BCUT2D eigenvalue weighted by atomic mass is 10.1. The van der Waals surface area contributed by atoms with Gasteiger partial charge in [-0.1, -0.05) is 0 Å². The quantitative estimate of drug-likeness (QED) is 0.600. The third-order valence-electron chi connectivity index (χ3n) is 3.82. The highest BCUT2D eigenvalue weighted by Crippen LogP contribution is 2.39. The minimum atomic E-state index is -3.54. The second-order valence-electron chi connectivity index (χ2n) is 4.96. The maximum absolute atomic E-state index is 12.1. The summed E-state index contributed by atoms with van der Waals surface area (Å²) in [4.78, 5) is 24.7. The van der Waals surface area contributed by atoms with Crippen LogP contribution < -0.4 is 5.32 Å². The van der Waals surface area contributed by atoms with E-state index in [4.69, 9.17) is 0 Å². The van der Waals surface area contributed by atoms with Gasteiger partial charge in [-0.15, -0.1) is 0 Å². The Hall–Kier alpha value is -1.19. The van der Waals surface area contributed by atoms with Gasteiger partial charge in [0.05, 0.1) is 6.04 Å². The lowest BCUT2D eigenvalue weighted by Gasteiger charge is -2.35. The summed E-state index contributed by atoms with van der Waals surface area (Å²) in [6.45, 7) is 0.266. The van der Waals surface area contributed by atoms with E-state index in [9.17, 15) is 18.0 Å². The lowest BCUT2D eigenvalue weighted by Crippen LogP contribution is -2.56. The number of piperazine rings is 1. The molecule has 9 heteroatoms. The predicted molar refractivity (Wildman–Crippen MR) is 60.7 cm³/mol. The maximum Gasteiger partial charge on any atom is 0.325 e. The summed E-state index contributed by atoms with van der Waals surface area (Å²) in [6, 6.07) is -1.69. The topological polar surface area (TPSA) is 90.0 Å². The van der Waals surface area contributed by atoms with Crippen LogP contribution in [0.25, 0.3) is 0 Å². The van der Waals surface area contributed by atoms with Gasteiger partial charge in [-0.05, 0) is 6.42 Å². The zero-order valence-corrected chi connectivity index (χ0v) is 10.8. The molecule has 18 heavy (non-hydrogen) atoms. The van der Waals surface area contributed by atoms with Crippen molar-refractivity contribution >= 4 is 22.1 Å². The van der Waals surface area contributed by atoms with Crippen LogP contribution in [0.4, 0.5) is 4.79 Å². The molecule has 0 radical (unpaired) electrons. The minimum absolute atomic E-state index is 0.193. The molecule has 0 aliphatic carbocycles. The molecule has 3 aliphatic heterocycles. The van der Waals surface area contributed by atoms with E-state index < -0.39 is 34.2 Å². The van der Waals surface area contributed by atoms with Crippen molar-refractivity contribution in [2.75, 3.05) is 20.6 Å². The monoisotopic (exact) mass is 274 g/mol. The number of hydrogen-bond donors (Lipinski definition) is 1. The molecule has 3 heterocycles. The number of fused-ring (bicyclic) bond motifs is 5. The first-order chi connectivity index (χ1) is 8.34. The van der Waals surface area contributed by atoms with Gasteiger partial charge in [0.1, 0.15) is 6.04 Å². The molecular formula is C9H14N4O4S. The Balaban J connectivity index is 1.95. The molecule has 0 spiro atoms. The molecular weight excluding hydrogens is 260 g/mol. The average molecular weight is 274 g/mol. The normalized spacial score (nSPS) is 35.5. The maximum atomic E-state index is 12.1. The van der Waals surface area contributed by atoms with E-state index in [1.54, 1.807) is 0 Å². The number of urea groups is 1. The van der Waals surface area contributed by atoms with Crippen LogP contribution in [-0.4, -0.2) is 72.6 Å². The van der Waals surface area contributed by atoms with Crippen molar-refractivity contribution in [1.29, 1.82) is 0 Å². The molecule has 0 aromatic carbocycles. The van der Waals surface area contributed by atoms with Gasteiger partial charge in [-0.25, -0.2) is 4.79 Å². The van der Waals surface area contributed by atoms with Gasteiger partial charge in [0, 0.05) is 26.7 Å². The Morgan fingerprint density at radius 1 is 1.33 bits per heavy atom. The Morgan fingerprint density at radius 3 is 2.61 bits per heavy atom. The number of amides is 3. The smallest absolute Gasteiger partial charge is 0.306 e. The van der Waals surface area contributed by atoms with E-state index in [0.717, 1.165) is 4.31 Å². The second kappa shape index (κ2) is 3.43. The summed E-state index contributed by atoms with van der Waals surface area (Å²) in [5, 5.41) is 2.23. The summed E-state index contributed by atoms with van der Waals surface area (Å²) in [7, 11) is -0.624. The van der Waals surface area contributed by atoms with Crippen molar-refractivity contribution in [2.24, 2.45) is 0 Å². The van der Waals surface area contributed by atoms with Crippen LogP contribution in [0.1, 0.15) is 6.42 Å². The van der Waals surface area contributed by atoms with Gasteiger partial charge >= 0.3 is 6.03 Å². The average Bonchev–Trinajstić information content (AvgIpc) is 2.90. The van der Waals surface area contributed by atoms with E-state index in [1.165, 1.54) is 23.3 Å². The number of carbonyl (C=O) groups excluding carboxylic acids is 2. The fourth-order valence-corrected chi connectivity index (χ4v) is 4.35. The van der Waals surface area contributed by atoms with E-state index >= 15 is 0 Å². The number of rotatable bonds is 2. The number of hydrogen-bond acceptors (Lipinski definition) is 4. The number of nitrogens with one attached hydrogen (secondary N) is 1. The van der Waals surface area contributed by atoms with E-state index in [-0.39, 0.29) is 12.6 Å². The summed E-state index contributed by atoms with van der Waals surface area (Å²) < 4.78 is 26.7. The Kier molecular flexibility index (Phi) is 2.26. The molecule has 8 nitrogen and oxygen atoms in total. The SMILES string of the molecule is CN(C)S(=O)(=O)N1CC2CC1C1C(=O)NC(=O)N21. The Labute approximate surface area is 105 Å². The number of nitrogens with zero attached hydrogens (tertiary/aromatic N) is 3. The van der Waals surface area contributed by atoms with Crippen molar-refractivity contribution in [1.82, 2.24) is 18.8 Å². The van der Waals surface area contributed by atoms with Crippen LogP contribution in [0.3, 0.4) is 0 Å². The molecule has 3 atom stereocenters. The summed E-state index contributed by atoms with van der Waals surface area (Å²) in [5.41, 5.74) is 0. The standard InChI is InChI=1S/C9H14N4O4S/c1-11(2)18(16,17)12-4-5-3-6(12)7-8(14)10-9(15)13(5)7/h5-7H,3-4H2,1-2H3,(H,10,14,15). The molecule has 1 N–H and O–H groups in total. The summed E-state index contributed by atoms with van der Waals surface area (Å²) in [5.74, 6) is -0.397. The molecule has 3 unspecified atom stereocenters. The van der Waals surface area contributed by atoms with E-state index in [1.807, 2.05) is 0 Å². The van der Waals surface area contributed by atoms with Crippen LogP contribution in [0.15, 0.2) is 0 Å².